The summed E-state index contributed by atoms with van der Waals surface area (Å²) in [6, 6.07) is 2.07. The van der Waals surface area contributed by atoms with Crippen LogP contribution in [0.25, 0.3) is 0 Å². The van der Waals surface area contributed by atoms with Crippen LogP contribution in [0, 0.1) is 11.3 Å². The number of rotatable bonds is 1. The van der Waals surface area contributed by atoms with E-state index in [-0.39, 0.29) is 6.03 Å². The zero-order valence-corrected chi connectivity index (χ0v) is 8.84. The van der Waals surface area contributed by atoms with E-state index in [1.54, 1.807) is 14.1 Å². The van der Waals surface area contributed by atoms with Gasteiger partial charge in [-0.15, -0.1) is 0 Å². The Morgan fingerprint density at radius 1 is 1.36 bits per heavy atom. The summed E-state index contributed by atoms with van der Waals surface area (Å²) < 4.78 is 0. The van der Waals surface area contributed by atoms with Crippen LogP contribution in [0.2, 0.25) is 0 Å². The van der Waals surface area contributed by atoms with Crippen LogP contribution in [0.5, 0.6) is 0 Å². The Kier molecular flexibility index (Phi) is 3.34. The normalized spacial score (nSPS) is 19.5. The predicted octanol–water partition coefficient (Wildman–Crippen LogP) is 1.48. The van der Waals surface area contributed by atoms with Crippen LogP contribution in [0.3, 0.4) is 0 Å². The highest BCUT2D eigenvalue weighted by Crippen LogP contribution is 2.27. The number of nitrogens with zero attached hydrogens (tertiary/aromatic N) is 2. The first kappa shape index (κ1) is 10.8. The second-order valence-electron chi connectivity index (χ2n) is 4.08. The van der Waals surface area contributed by atoms with E-state index in [1.165, 1.54) is 11.3 Å². The van der Waals surface area contributed by atoms with Crippen molar-refractivity contribution in [1.29, 1.82) is 5.26 Å². The molecular weight excluding hydrogens is 178 g/mol. The molecule has 0 aliphatic heterocycles. The number of nitriles is 1. The van der Waals surface area contributed by atoms with Crippen LogP contribution >= 0.6 is 0 Å². The maximum Gasteiger partial charge on any atom is 0.318 e. The van der Waals surface area contributed by atoms with Crippen LogP contribution in [0.15, 0.2) is 0 Å². The van der Waals surface area contributed by atoms with Gasteiger partial charge in [0.2, 0.25) is 0 Å². The predicted molar refractivity (Wildman–Crippen MR) is 53.6 cm³/mol. The lowest BCUT2D eigenvalue weighted by molar-refractivity contribution is 0.199. The van der Waals surface area contributed by atoms with Crippen LogP contribution in [0.1, 0.15) is 32.1 Å². The van der Waals surface area contributed by atoms with E-state index in [4.69, 9.17) is 5.26 Å². The summed E-state index contributed by atoms with van der Waals surface area (Å²) in [7, 11) is 3.37. The van der Waals surface area contributed by atoms with E-state index in [0.717, 1.165) is 25.7 Å². The number of hydrogen-bond donors (Lipinski definition) is 1. The van der Waals surface area contributed by atoms with Crippen molar-refractivity contribution in [2.45, 2.75) is 37.6 Å². The fourth-order valence-electron chi connectivity index (χ4n) is 1.74. The molecule has 0 spiro atoms. The van der Waals surface area contributed by atoms with Gasteiger partial charge in [0, 0.05) is 14.1 Å². The van der Waals surface area contributed by atoms with Gasteiger partial charge in [-0.25, -0.2) is 4.79 Å². The fourth-order valence-corrected chi connectivity index (χ4v) is 1.74. The lowest BCUT2D eigenvalue weighted by Crippen LogP contribution is -2.51. The summed E-state index contributed by atoms with van der Waals surface area (Å²) in [5.74, 6) is 0. The molecule has 1 aliphatic carbocycles. The molecule has 0 aromatic heterocycles. The third-order valence-corrected chi connectivity index (χ3v) is 2.67. The standard InChI is InChI=1S/C10H17N3O/c1-13(2)9(14)12-10(8-11)6-4-3-5-7-10/h3-7H2,1-2H3,(H,12,14). The van der Waals surface area contributed by atoms with Crippen molar-refractivity contribution in [2.24, 2.45) is 0 Å². The van der Waals surface area contributed by atoms with Gasteiger partial charge < -0.3 is 10.2 Å². The Balaban J connectivity index is 2.62. The second-order valence-corrected chi connectivity index (χ2v) is 4.08. The molecule has 1 fully saturated rings. The molecular formula is C10H17N3O. The Bertz CT molecular complexity index is 249. The molecule has 0 heterocycles. The van der Waals surface area contributed by atoms with Gasteiger partial charge in [0.1, 0.15) is 5.54 Å². The minimum Gasteiger partial charge on any atom is -0.331 e. The molecule has 78 valence electrons. The molecule has 1 aliphatic rings. The largest absolute Gasteiger partial charge is 0.331 e. The van der Waals surface area contributed by atoms with Gasteiger partial charge in [0.05, 0.1) is 6.07 Å². The van der Waals surface area contributed by atoms with Gasteiger partial charge in [-0.1, -0.05) is 19.3 Å². The van der Waals surface area contributed by atoms with Crippen molar-refractivity contribution in [1.82, 2.24) is 10.2 Å². The summed E-state index contributed by atoms with van der Waals surface area (Å²) in [5, 5.41) is 11.9. The lowest BCUT2D eigenvalue weighted by Gasteiger charge is -2.32. The average Bonchev–Trinajstić information content (AvgIpc) is 2.19. The van der Waals surface area contributed by atoms with E-state index in [1.807, 2.05) is 0 Å². The van der Waals surface area contributed by atoms with Crippen LogP contribution < -0.4 is 5.32 Å². The maximum atomic E-state index is 11.4. The molecule has 0 atom stereocenters. The van der Waals surface area contributed by atoms with Crippen molar-refractivity contribution < 1.29 is 4.79 Å². The Labute approximate surface area is 84.9 Å². The summed E-state index contributed by atoms with van der Waals surface area (Å²) in [6.45, 7) is 0. The number of carbonyl (C=O) groups is 1. The maximum absolute atomic E-state index is 11.4. The molecule has 2 amide bonds. The van der Waals surface area contributed by atoms with Crippen molar-refractivity contribution in [3.05, 3.63) is 0 Å². The van der Waals surface area contributed by atoms with Crippen LogP contribution in [-0.2, 0) is 0 Å². The molecule has 1 saturated carbocycles. The zero-order chi connectivity index (χ0) is 10.6. The van der Waals surface area contributed by atoms with E-state index < -0.39 is 5.54 Å². The van der Waals surface area contributed by atoms with Crippen LogP contribution in [-0.4, -0.2) is 30.6 Å². The van der Waals surface area contributed by atoms with Gasteiger partial charge in [0.15, 0.2) is 0 Å². The van der Waals surface area contributed by atoms with Gasteiger partial charge in [-0.05, 0) is 12.8 Å². The summed E-state index contributed by atoms with van der Waals surface area (Å²) in [5.41, 5.74) is -0.612. The van der Waals surface area contributed by atoms with E-state index in [2.05, 4.69) is 11.4 Å². The van der Waals surface area contributed by atoms with Crippen molar-refractivity contribution in [2.75, 3.05) is 14.1 Å². The number of nitrogens with one attached hydrogen (secondary N) is 1. The first-order valence-electron chi connectivity index (χ1n) is 5.00. The SMILES string of the molecule is CN(C)C(=O)NC1(C#N)CCCCC1. The monoisotopic (exact) mass is 195 g/mol. The minimum atomic E-state index is -0.612. The topological polar surface area (TPSA) is 56.1 Å². The quantitative estimate of drug-likeness (QED) is 0.689. The van der Waals surface area contributed by atoms with Crippen molar-refractivity contribution in [3.8, 4) is 6.07 Å². The molecule has 14 heavy (non-hydrogen) atoms. The molecule has 4 nitrogen and oxygen atoms in total. The van der Waals surface area contributed by atoms with Gasteiger partial charge in [-0.3, -0.25) is 0 Å². The van der Waals surface area contributed by atoms with E-state index in [9.17, 15) is 4.79 Å². The summed E-state index contributed by atoms with van der Waals surface area (Å²) in [6.07, 6.45) is 4.79. The number of amides is 2. The molecule has 0 aromatic rings. The molecule has 4 heteroatoms. The van der Waals surface area contributed by atoms with Crippen molar-refractivity contribution >= 4 is 6.03 Å². The van der Waals surface area contributed by atoms with E-state index >= 15 is 0 Å². The number of urea groups is 1. The fraction of sp³-hybridized carbons (Fsp3) is 0.800. The van der Waals surface area contributed by atoms with Crippen LogP contribution in [0.4, 0.5) is 4.79 Å². The molecule has 0 bridgehead atoms. The molecule has 1 N–H and O–H groups in total. The Hall–Kier alpha value is -1.24. The highest BCUT2D eigenvalue weighted by Gasteiger charge is 2.33. The lowest BCUT2D eigenvalue weighted by atomic mass is 9.83. The molecule has 0 aromatic carbocycles. The summed E-state index contributed by atoms with van der Waals surface area (Å²) in [4.78, 5) is 12.9. The first-order chi connectivity index (χ1) is 6.59. The van der Waals surface area contributed by atoms with Gasteiger partial charge in [-0.2, -0.15) is 5.26 Å². The summed E-state index contributed by atoms with van der Waals surface area (Å²) >= 11 is 0. The Morgan fingerprint density at radius 2 is 1.93 bits per heavy atom. The molecule has 1 rings (SSSR count). The average molecular weight is 195 g/mol. The third kappa shape index (κ3) is 2.38. The number of carbonyl (C=O) groups excluding carboxylic acids is 1. The zero-order valence-electron chi connectivity index (χ0n) is 8.84. The highest BCUT2D eigenvalue weighted by molar-refractivity contribution is 5.75. The van der Waals surface area contributed by atoms with E-state index in [0.29, 0.717) is 0 Å². The first-order valence-corrected chi connectivity index (χ1v) is 5.00. The molecule has 0 radical (unpaired) electrons. The third-order valence-electron chi connectivity index (χ3n) is 2.67. The molecule has 0 saturated heterocycles. The second kappa shape index (κ2) is 4.32. The number of hydrogen-bond acceptors (Lipinski definition) is 2. The van der Waals surface area contributed by atoms with Gasteiger partial charge >= 0.3 is 6.03 Å². The molecule has 0 unspecified atom stereocenters. The smallest absolute Gasteiger partial charge is 0.318 e. The minimum absolute atomic E-state index is 0.173. The van der Waals surface area contributed by atoms with Crippen molar-refractivity contribution in [3.63, 3.8) is 0 Å². The van der Waals surface area contributed by atoms with Gasteiger partial charge in [0.25, 0.3) is 0 Å². The highest BCUT2D eigenvalue weighted by atomic mass is 16.2. The Morgan fingerprint density at radius 3 is 2.36 bits per heavy atom.